The Morgan fingerprint density at radius 1 is 1.24 bits per heavy atom. The van der Waals surface area contributed by atoms with Gasteiger partial charge in [-0.3, -0.25) is 4.79 Å². The van der Waals surface area contributed by atoms with Gasteiger partial charge in [-0.15, -0.1) is 0 Å². The molecule has 0 bridgehead atoms. The maximum atomic E-state index is 13.1. The van der Waals surface area contributed by atoms with Gasteiger partial charge in [-0.1, -0.05) is 0 Å². The Morgan fingerprint density at radius 2 is 1.97 bits per heavy atom. The Labute approximate surface area is 177 Å². The number of aromatic nitrogens is 1. The van der Waals surface area contributed by atoms with Gasteiger partial charge in [0.2, 0.25) is 0 Å². The van der Waals surface area contributed by atoms with Gasteiger partial charge in [-0.2, -0.15) is 18.4 Å². The molecule has 0 aliphatic rings. The van der Waals surface area contributed by atoms with Gasteiger partial charge in [0.15, 0.2) is 5.60 Å². The summed E-state index contributed by atoms with van der Waals surface area (Å²) >= 11 is 2.18. The van der Waals surface area contributed by atoms with E-state index in [-0.39, 0.29) is 12.2 Å². The average Bonchev–Trinajstić information content (AvgIpc) is 3.02. The monoisotopic (exact) mass is 513 g/mol. The number of halogens is 4. The second kappa shape index (κ2) is 7.68. The summed E-state index contributed by atoms with van der Waals surface area (Å²) in [5.41, 5.74) is -2.93. The highest BCUT2D eigenvalue weighted by atomic mass is 127. The molecule has 5 nitrogen and oxygen atoms in total. The predicted octanol–water partition coefficient (Wildman–Crippen LogP) is 4.53. The highest BCUT2D eigenvalue weighted by Gasteiger charge is 2.35. The number of rotatable bonds is 4. The Balaban J connectivity index is 1.83. The standard InChI is InChI=1S/C20H15F3IN3O2/c1-19(29,11-27-7-6-12-8-14(24)3-5-17(12)27)18(28)26-15-4-2-13(10-25)16(9-15)20(21,22)23/h2-9,29H,11H2,1H3,(H,26,28)/t19-/m0/s1. The van der Waals surface area contributed by atoms with E-state index in [2.05, 4.69) is 27.9 Å². The molecule has 1 aromatic heterocycles. The molecular weight excluding hydrogens is 498 g/mol. The van der Waals surface area contributed by atoms with Gasteiger partial charge < -0.3 is 15.0 Å². The summed E-state index contributed by atoms with van der Waals surface area (Å²) in [5.74, 6) is -0.859. The van der Waals surface area contributed by atoms with Crippen LogP contribution in [0.4, 0.5) is 18.9 Å². The zero-order valence-electron chi connectivity index (χ0n) is 15.1. The van der Waals surface area contributed by atoms with E-state index in [0.717, 1.165) is 20.5 Å². The number of amides is 1. The minimum atomic E-state index is -4.74. The topological polar surface area (TPSA) is 78.1 Å². The Bertz CT molecular complexity index is 1130. The molecule has 0 radical (unpaired) electrons. The summed E-state index contributed by atoms with van der Waals surface area (Å²) in [6, 6.07) is 11.9. The van der Waals surface area contributed by atoms with Crippen LogP contribution < -0.4 is 5.32 Å². The highest BCUT2D eigenvalue weighted by Crippen LogP contribution is 2.33. The first-order chi connectivity index (χ1) is 13.5. The second-order valence-electron chi connectivity index (χ2n) is 6.74. The molecule has 0 aliphatic carbocycles. The van der Waals surface area contributed by atoms with E-state index >= 15 is 0 Å². The van der Waals surface area contributed by atoms with Crippen molar-refractivity contribution in [3.63, 3.8) is 0 Å². The lowest BCUT2D eigenvalue weighted by Crippen LogP contribution is -2.43. The molecule has 29 heavy (non-hydrogen) atoms. The third-order valence-electron chi connectivity index (χ3n) is 4.40. The third-order valence-corrected chi connectivity index (χ3v) is 5.07. The number of aliphatic hydroxyl groups is 1. The molecule has 1 atom stereocenters. The van der Waals surface area contributed by atoms with E-state index in [1.165, 1.54) is 19.1 Å². The predicted molar refractivity (Wildman–Crippen MR) is 110 cm³/mol. The SMILES string of the molecule is C[C@](O)(Cn1ccc2cc(I)ccc21)C(=O)Nc1ccc(C#N)c(C(F)(F)F)c1. The summed E-state index contributed by atoms with van der Waals surface area (Å²) in [5, 5.41) is 22.7. The van der Waals surface area contributed by atoms with Crippen LogP contribution in [0.15, 0.2) is 48.7 Å². The van der Waals surface area contributed by atoms with Crippen molar-refractivity contribution < 1.29 is 23.1 Å². The molecule has 3 rings (SSSR count). The van der Waals surface area contributed by atoms with Crippen molar-refractivity contribution in [2.45, 2.75) is 25.2 Å². The molecule has 0 spiro atoms. The molecule has 0 aliphatic heterocycles. The molecule has 0 saturated carbocycles. The van der Waals surface area contributed by atoms with Crippen molar-refractivity contribution in [3.05, 3.63) is 63.4 Å². The zero-order valence-corrected chi connectivity index (χ0v) is 17.2. The molecule has 1 heterocycles. The molecule has 2 N–H and O–H groups in total. The van der Waals surface area contributed by atoms with Crippen molar-refractivity contribution in [2.75, 3.05) is 5.32 Å². The maximum Gasteiger partial charge on any atom is 0.417 e. The van der Waals surface area contributed by atoms with Crippen molar-refractivity contribution >= 4 is 45.1 Å². The summed E-state index contributed by atoms with van der Waals surface area (Å²) in [6.45, 7) is 1.19. The van der Waals surface area contributed by atoms with Crippen LogP contribution in [0.1, 0.15) is 18.1 Å². The number of nitrogens with zero attached hydrogens (tertiary/aromatic N) is 2. The number of fused-ring (bicyclic) bond motifs is 1. The lowest BCUT2D eigenvalue weighted by molar-refractivity contribution is -0.138. The van der Waals surface area contributed by atoms with Crippen molar-refractivity contribution in [2.24, 2.45) is 0 Å². The number of benzene rings is 2. The lowest BCUT2D eigenvalue weighted by Gasteiger charge is -2.24. The van der Waals surface area contributed by atoms with Gasteiger partial charge in [-0.05, 0) is 72.0 Å². The quantitative estimate of drug-likeness (QED) is 0.504. The minimum absolute atomic E-state index is 0.0919. The first-order valence-corrected chi connectivity index (χ1v) is 9.49. The van der Waals surface area contributed by atoms with Crippen LogP contribution in [0.25, 0.3) is 10.9 Å². The second-order valence-corrected chi connectivity index (χ2v) is 7.99. The van der Waals surface area contributed by atoms with Gasteiger partial charge in [-0.25, -0.2) is 0 Å². The summed E-state index contributed by atoms with van der Waals surface area (Å²) < 4.78 is 42.0. The van der Waals surface area contributed by atoms with Crippen LogP contribution in [0.3, 0.4) is 0 Å². The van der Waals surface area contributed by atoms with Gasteiger partial charge in [0.05, 0.1) is 23.7 Å². The Hall–Kier alpha value is -2.58. The first kappa shape index (κ1) is 21.1. The van der Waals surface area contributed by atoms with E-state index in [0.29, 0.717) is 6.07 Å². The lowest BCUT2D eigenvalue weighted by atomic mass is 10.0. The molecule has 0 unspecified atom stereocenters. The Kier molecular flexibility index (Phi) is 5.60. The van der Waals surface area contributed by atoms with Gasteiger partial charge >= 0.3 is 6.18 Å². The number of hydrogen-bond acceptors (Lipinski definition) is 3. The molecule has 2 aromatic carbocycles. The minimum Gasteiger partial charge on any atom is -0.378 e. The Morgan fingerprint density at radius 3 is 2.62 bits per heavy atom. The van der Waals surface area contributed by atoms with Crippen molar-refractivity contribution in [1.29, 1.82) is 5.26 Å². The largest absolute Gasteiger partial charge is 0.417 e. The van der Waals surface area contributed by atoms with Gasteiger partial charge in [0, 0.05) is 26.4 Å². The van der Waals surface area contributed by atoms with Crippen LogP contribution in [0.2, 0.25) is 0 Å². The van der Waals surface area contributed by atoms with Gasteiger partial charge in [0.1, 0.15) is 0 Å². The number of nitriles is 1. The molecule has 3 aromatic rings. The van der Waals surface area contributed by atoms with Crippen LogP contribution in [0.5, 0.6) is 0 Å². The van der Waals surface area contributed by atoms with Gasteiger partial charge in [0.25, 0.3) is 5.91 Å². The fourth-order valence-electron chi connectivity index (χ4n) is 2.93. The summed E-state index contributed by atoms with van der Waals surface area (Å²) in [6.07, 6.45) is -3.01. The fraction of sp³-hybridized carbons (Fsp3) is 0.200. The van der Waals surface area contributed by atoms with Crippen molar-refractivity contribution in [1.82, 2.24) is 4.57 Å². The summed E-state index contributed by atoms with van der Waals surface area (Å²) in [4.78, 5) is 12.5. The average molecular weight is 513 g/mol. The van der Waals surface area contributed by atoms with E-state index < -0.39 is 28.8 Å². The molecule has 150 valence electrons. The van der Waals surface area contributed by atoms with E-state index in [9.17, 15) is 23.1 Å². The van der Waals surface area contributed by atoms with Crippen LogP contribution in [-0.4, -0.2) is 21.2 Å². The van der Waals surface area contributed by atoms with E-state index in [1.54, 1.807) is 10.8 Å². The fourth-order valence-corrected chi connectivity index (χ4v) is 3.45. The molecule has 0 saturated heterocycles. The number of hydrogen-bond donors (Lipinski definition) is 2. The molecule has 9 heteroatoms. The number of anilines is 1. The van der Waals surface area contributed by atoms with Crippen LogP contribution in [0, 0.1) is 14.9 Å². The summed E-state index contributed by atoms with van der Waals surface area (Å²) in [7, 11) is 0. The number of carbonyl (C=O) groups excluding carboxylic acids is 1. The molecular formula is C20H15F3IN3O2. The first-order valence-electron chi connectivity index (χ1n) is 8.41. The van der Waals surface area contributed by atoms with Crippen LogP contribution in [-0.2, 0) is 17.5 Å². The van der Waals surface area contributed by atoms with Crippen LogP contribution >= 0.6 is 22.6 Å². The normalized spacial score (nSPS) is 13.7. The molecule has 0 fully saturated rings. The smallest absolute Gasteiger partial charge is 0.378 e. The van der Waals surface area contributed by atoms with E-state index in [4.69, 9.17) is 5.26 Å². The van der Waals surface area contributed by atoms with E-state index in [1.807, 2.05) is 24.3 Å². The number of alkyl halides is 3. The number of carbonyl (C=O) groups is 1. The third kappa shape index (κ3) is 4.54. The highest BCUT2D eigenvalue weighted by molar-refractivity contribution is 14.1. The zero-order chi connectivity index (χ0) is 21.4. The maximum absolute atomic E-state index is 13.1. The number of nitrogens with one attached hydrogen (secondary N) is 1. The van der Waals surface area contributed by atoms with Crippen molar-refractivity contribution in [3.8, 4) is 6.07 Å². The molecule has 1 amide bonds.